The summed E-state index contributed by atoms with van der Waals surface area (Å²) in [6.07, 6.45) is 9.14. The SMILES string of the molecule is CCCCC(CC)CCCOC#N. The van der Waals surface area contributed by atoms with Crippen LogP contribution in [-0.2, 0) is 4.74 Å². The average molecular weight is 183 g/mol. The third-order valence-corrected chi connectivity index (χ3v) is 2.47. The summed E-state index contributed by atoms with van der Waals surface area (Å²) in [6, 6.07) is 0. The van der Waals surface area contributed by atoms with Gasteiger partial charge in [-0.3, -0.25) is 0 Å². The molecule has 0 saturated carbocycles. The molecule has 0 heterocycles. The predicted molar refractivity (Wildman–Crippen MR) is 54.1 cm³/mol. The highest BCUT2D eigenvalue weighted by Crippen LogP contribution is 2.17. The zero-order valence-electron chi connectivity index (χ0n) is 8.88. The van der Waals surface area contributed by atoms with E-state index in [0.717, 1.165) is 12.3 Å². The van der Waals surface area contributed by atoms with Gasteiger partial charge >= 0.3 is 0 Å². The zero-order chi connectivity index (χ0) is 9.94. The minimum atomic E-state index is 0.596. The first-order chi connectivity index (χ1) is 6.35. The van der Waals surface area contributed by atoms with Crippen LogP contribution in [0.1, 0.15) is 52.4 Å². The molecule has 0 radical (unpaired) electrons. The third kappa shape index (κ3) is 7.64. The molecule has 13 heavy (non-hydrogen) atoms. The Bertz CT molecular complexity index is 140. The van der Waals surface area contributed by atoms with E-state index in [9.17, 15) is 0 Å². The smallest absolute Gasteiger partial charge is 0.286 e. The predicted octanol–water partition coefficient (Wildman–Crippen LogP) is 3.48. The van der Waals surface area contributed by atoms with Crippen molar-refractivity contribution in [1.29, 1.82) is 5.26 Å². The highest BCUT2D eigenvalue weighted by molar-refractivity contribution is 4.58. The van der Waals surface area contributed by atoms with Crippen LogP contribution in [0.15, 0.2) is 0 Å². The molecule has 0 bridgehead atoms. The van der Waals surface area contributed by atoms with Crippen LogP contribution in [-0.4, -0.2) is 6.61 Å². The largest absolute Gasteiger partial charge is 0.428 e. The van der Waals surface area contributed by atoms with Gasteiger partial charge in [-0.25, -0.2) is 0 Å². The molecule has 0 aromatic heterocycles. The van der Waals surface area contributed by atoms with E-state index in [1.165, 1.54) is 32.1 Å². The summed E-state index contributed by atoms with van der Waals surface area (Å²) < 4.78 is 4.64. The van der Waals surface area contributed by atoms with E-state index in [1.54, 1.807) is 6.26 Å². The van der Waals surface area contributed by atoms with E-state index in [4.69, 9.17) is 5.26 Å². The Hall–Kier alpha value is -0.710. The first-order valence-corrected chi connectivity index (χ1v) is 5.36. The second-order valence-electron chi connectivity index (χ2n) is 3.50. The van der Waals surface area contributed by atoms with Crippen molar-refractivity contribution in [2.75, 3.05) is 6.61 Å². The van der Waals surface area contributed by atoms with Gasteiger partial charge in [-0.05, 0) is 18.8 Å². The van der Waals surface area contributed by atoms with Crippen molar-refractivity contribution >= 4 is 0 Å². The van der Waals surface area contributed by atoms with Gasteiger partial charge in [-0.1, -0.05) is 39.5 Å². The zero-order valence-corrected chi connectivity index (χ0v) is 8.88. The number of nitriles is 1. The van der Waals surface area contributed by atoms with Crippen LogP contribution in [0.3, 0.4) is 0 Å². The average Bonchev–Trinajstić information content (AvgIpc) is 2.17. The second-order valence-corrected chi connectivity index (χ2v) is 3.50. The molecule has 1 atom stereocenters. The summed E-state index contributed by atoms with van der Waals surface area (Å²) in [5.41, 5.74) is 0. The minimum absolute atomic E-state index is 0.596. The first kappa shape index (κ1) is 12.3. The molecule has 0 aromatic carbocycles. The van der Waals surface area contributed by atoms with Crippen LogP contribution < -0.4 is 0 Å². The highest BCUT2D eigenvalue weighted by atomic mass is 16.5. The quantitative estimate of drug-likeness (QED) is 0.426. The summed E-state index contributed by atoms with van der Waals surface area (Å²) in [5, 5.41) is 8.16. The normalized spacial score (nSPS) is 12.1. The van der Waals surface area contributed by atoms with Crippen LogP contribution >= 0.6 is 0 Å². The lowest BCUT2D eigenvalue weighted by Crippen LogP contribution is -2.00. The fourth-order valence-corrected chi connectivity index (χ4v) is 1.54. The van der Waals surface area contributed by atoms with Crippen LogP contribution in [0.5, 0.6) is 0 Å². The van der Waals surface area contributed by atoms with E-state index >= 15 is 0 Å². The van der Waals surface area contributed by atoms with Gasteiger partial charge in [0, 0.05) is 0 Å². The summed E-state index contributed by atoms with van der Waals surface area (Å²) in [7, 11) is 0. The Morgan fingerprint density at radius 1 is 1.23 bits per heavy atom. The first-order valence-electron chi connectivity index (χ1n) is 5.36. The molecule has 0 aliphatic heterocycles. The maximum absolute atomic E-state index is 8.16. The van der Waals surface area contributed by atoms with Crippen molar-refractivity contribution < 1.29 is 4.74 Å². The topological polar surface area (TPSA) is 33.0 Å². The Kier molecular flexibility index (Phi) is 8.87. The van der Waals surface area contributed by atoms with Crippen molar-refractivity contribution in [3.8, 4) is 6.26 Å². The molecular weight excluding hydrogens is 162 g/mol. The summed E-state index contributed by atoms with van der Waals surface area (Å²) in [6.45, 7) is 5.07. The molecule has 2 nitrogen and oxygen atoms in total. The number of ether oxygens (including phenoxy) is 1. The van der Waals surface area contributed by atoms with Crippen molar-refractivity contribution in [3.05, 3.63) is 0 Å². The molecule has 76 valence electrons. The van der Waals surface area contributed by atoms with E-state index in [-0.39, 0.29) is 0 Å². The van der Waals surface area contributed by atoms with Crippen LogP contribution in [0.4, 0.5) is 0 Å². The molecule has 0 amide bonds. The van der Waals surface area contributed by atoms with Gasteiger partial charge in [0.1, 0.15) is 6.61 Å². The van der Waals surface area contributed by atoms with Crippen LogP contribution in [0.2, 0.25) is 0 Å². The summed E-state index contributed by atoms with van der Waals surface area (Å²) in [5.74, 6) is 0.835. The van der Waals surface area contributed by atoms with Crippen molar-refractivity contribution in [2.45, 2.75) is 52.4 Å². The molecule has 0 aliphatic carbocycles. The molecule has 0 N–H and O–H groups in total. The number of hydrogen-bond acceptors (Lipinski definition) is 2. The maximum atomic E-state index is 8.16. The Balaban J connectivity index is 3.32. The van der Waals surface area contributed by atoms with E-state index in [0.29, 0.717) is 6.61 Å². The standard InChI is InChI=1S/C11H21NO/c1-3-5-7-11(4-2)8-6-9-13-10-12/h11H,3-9H2,1-2H3. The van der Waals surface area contributed by atoms with Gasteiger partial charge in [0.05, 0.1) is 0 Å². The molecule has 0 aliphatic rings. The van der Waals surface area contributed by atoms with E-state index in [2.05, 4.69) is 18.6 Å². The lowest BCUT2D eigenvalue weighted by atomic mass is 9.94. The fraction of sp³-hybridized carbons (Fsp3) is 0.909. The van der Waals surface area contributed by atoms with Gasteiger partial charge in [0.2, 0.25) is 0 Å². The van der Waals surface area contributed by atoms with Crippen LogP contribution in [0, 0.1) is 17.4 Å². The third-order valence-electron chi connectivity index (χ3n) is 2.47. The van der Waals surface area contributed by atoms with E-state index < -0.39 is 0 Å². The van der Waals surface area contributed by atoms with Gasteiger partial charge in [0.25, 0.3) is 6.26 Å². The highest BCUT2D eigenvalue weighted by Gasteiger charge is 2.04. The van der Waals surface area contributed by atoms with Crippen LogP contribution in [0.25, 0.3) is 0 Å². The number of nitrogens with zero attached hydrogens (tertiary/aromatic N) is 1. The molecule has 0 fully saturated rings. The lowest BCUT2D eigenvalue weighted by molar-refractivity contribution is 0.247. The molecule has 0 aromatic rings. The van der Waals surface area contributed by atoms with Gasteiger partial charge in [-0.15, -0.1) is 0 Å². The Morgan fingerprint density at radius 2 is 1.92 bits per heavy atom. The van der Waals surface area contributed by atoms with Crippen molar-refractivity contribution in [3.63, 3.8) is 0 Å². The Morgan fingerprint density at radius 3 is 2.46 bits per heavy atom. The van der Waals surface area contributed by atoms with Gasteiger partial charge < -0.3 is 4.74 Å². The number of hydrogen-bond donors (Lipinski definition) is 0. The maximum Gasteiger partial charge on any atom is 0.286 e. The molecule has 0 rings (SSSR count). The minimum Gasteiger partial charge on any atom is -0.428 e. The number of rotatable bonds is 8. The fourth-order valence-electron chi connectivity index (χ4n) is 1.54. The van der Waals surface area contributed by atoms with Crippen molar-refractivity contribution in [2.24, 2.45) is 5.92 Å². The monoisotopic (exact) mass is 183 g/mol. The number of unbranched alkanes of at least 4 members (excludes halogenated alkanes) is 1. The molecule has 1 unspecified atom stereocenters. The van der Waals surface area contributed by atoms with Gasteiger partial charge in [-0.2, -0.15) is 5.26 Å². The van der Waals surface area contributed by atoms with Crippen molar-refractivity contribution in [1.82, 2.24) is 0 Å². The molecule has 2 heteroatoms. The molecule has 0 saturated heterocycles. The van der Waals surface area contributed by atoms with Gasteiger partial charge in [0.15, 0.2) is 0 Å². The summed E-state index contributed by atoms with van der Waals surface area (Å²) >= 11 is 0. The van der Waals surface area contributed by atoms with E-state index in [1.807, 2.05) is 0 Å². The molecular formula is C11H21NO. The lowest BCUT2D eigenvalue weighted by Gasteiger charge is -2.12. The summed E-state index contributed by atoms with van der Waals surface area (Å²) in [4.78, 5) is 0. The molecule has 0 spiro atoms. The Labute approximate surface area is 81.9 Å². The second kappa shape index (κ2) is 9.38.